The van der Waals surface area contributed by atoms with Crippen molar-refractivity contribution in [3.8, 4) is 0 Å². The first-order valence-corrected chi connectivity index (χ1v) is 12.8. The van der Waals surface area contributed by atoms with Crippen molar-refractivity contribution >= 4 is 34.7 Å². The molecule has 37 heavy (non-hydrogen) atoms. The van der Waals surface area contributed by atoms with E-state index >= 15 is 0 Å². The van der Waals surface area contributed by atoms with Gasteiger partial charge in [-0.25, -0.2) is 13.9 Å². The highest BCUT2D eigenvalue weighted by molar-refractivity contribution is 6.03. The standard InChI is InChI=1S/C25H32FN9O2/c26-18-13-28-11-9-19(18)33-25(37)21-14-29-24-20(30-15-3-4-15)12-22(34-35(21)24)31-16-5-7-17(8-6-16)32-23(36)2-1-10-27/h9,11-17,30H,1-8,10,27H2,(H,31,34)(H,32,36)(H,28,33,37)/t16-,17-. The van der Waals surface area contributed by atoms with Crippen LogP contribution in [0, 0.1) is 5.82 Å². The first-order chi connectivity index (χ1) is 18.0. The van der Waals surface area contributed by atoms with Gasteiger partial charge in [0, 0.05) is 36.8 Å². The third-order valence-electron chi connectivity index (χ3n) is 6.71. The monoisotopic (exact) mass is 509 g/mol. The van der Waals surface area contributed by atoms with Gasteiger partial charge in [-0.1, -0.05) is 0 Å². The molecule has 0 radical (unpaired) electrons. The Kier molecular flexibility index (Phi) is 7.45. The van der Waals surface area contributed by atoms with E-state index in [9.17, 15) is 14.0 Å². The van der Waals surface area contributed by atoms with Crippen molar-refractivity contribution in [3.63, 3.8) is 0 Å². The Labute approximate surface area is 213 Å². The summed E-state index contributed by atoms with van der Waals surface area (Å²) in [5, 5.41) is 17.3. The van der Waals surface area contributed by atoms with Gasteiger partial charge in [0.1, 0.15) is 5.82 Å². The second kappa shape index (κ2) is 11.1. The molecule has 0 atom stereocenters. The molecule has 5 rings (SSSR count). The number of fused-ring (bicyclic) bond motifs is 1. The van der Waals surface area contributed by atoms with Crippen LogP contribution >= 0.6 is 0 Å². The summed E-state index contributed by atoms with van der Waals surface area (Å²) in [5.41, 5.74) is 7.04. The second-order valence-electron chi connectivity index (χ2n) is 9.70. The summed E-state index contributed by atoms with van der Waals surface area (Å²) < 4.78 is 15.5. The molecule has 2 amide bonds. The summed E-state index contributed by atoms with van der Waals surface area (Å²) in [6, 6.07) is 4.04. The summed E-state index contributed by atoms with van der Waals surface area (Å²) in [4.78, 5) is 33.2. The second-order valence-corrected chi connectivity index (χ2v) is 9.70. The number of nitrogens with zero attached hydrogens (tertiary/aromatic N) is 4. The molecule has 0 spiro atoms. The van der Waals surface area contributed by atoms with Crippen LogP contribution in [0.4, 0.5) is 21.6 Å². The molecule has 2 aliphatic rings. The van der Waals surface area contributed by atoms with Gasteiger partial charge in [-0.2, -0.15) is 0 Å². The lowest BCUT2D eigenvalue weighted by Gasteiger charge is -2.30. The van der Waals surface area contributed by atoms with Crippen LogP contribution in [0.3, 0.4) is 0 Å². The lowest BCUT2D eigenvalue weighted by Crippen LogP contribution is -2.40. The minimum atomic E-state index is -0.623. The van der Waals surface area contributed by atoms with Crippen LogP contribution in [0.15, 0.2) is 30.7 Å². The van der Waals surface area contributed by atoms with Gasteiger partial charge in [0.2, 0.25) is 5.91 Å². The molecule has 0 saturated heterocycles. The highest BCUT2D eigenvalue weighted by Crippen LogP contribution is 2.30. The van der Waals surface area contributed by atoms with Crippen LogP contribution in [0.1, 0.15) is 61.9 Å². The minimum Gasteiger partial charge on any atom is -0.379 e. The summed E-state index contributed by atoms with van der Waals surface area (Å²) in [6.07, 6.45) is 10.7. The van der Waals surface area contributed by atoms with E-state index in [2.05, 4.69) is 36.3 Å². The van der Waals surface area contributed by atoms with Crippen molar-refractivity contribution < 1.29 is 14.0 Å². The number of pyridine rings is 1. The van der Waals surface area contributed by atoms with Gasteiger partial charge < -0.3 is 27.0 Å². The first kappa shape index (κ1) is 24.9. The van der Waals surface area contributed by atoms with Crippen LogP contribution in [-0.4, -0.2) is 56.1 Å². The highest BCUT2D eigenvalue weighted by Gasteiger charge is 2.26. The van der Waals surface area contributed by atoms with Crippen molar-refractivity contribution in [1.82, 2.24) is 24.9 Å². The number of hydrogen-bond donors (Lipinski definition) is 5. The Morgan fingerprint density at radius 1 is 1.03 bits per heavy atom. The van der Waals surface area contributed by atoms with E-state index in [1.807, 2.05) is 6.07 Å². The summed E-state index contributed by atoms with van der Waals surface area (Å²) >= 11 is 0. The number of halogens is 1. The third kappa shape index (κ3) is 6.13. The van der Waals surface area contributed by atoms with Crippen molar-refractivity contribution in [3.05, 3.63) is 42.2 Å². The van der Waals surface area contributed by atoms with E-state index in [0.717, 1.165) is 50.4 Å². The molecule has 0 aromatic carbocycles. The number of rotatable bonds is 10. The zero-order valence-corrected chi connectivity index (χ0v) is 20.5. The molecular formula is C25H32FN9O2. The van der Waals surface area contributed by atoms with Gasteiger partial charge in [0.15, 0.2) is 17.2 Å². The molecule has 3 aromatic rings. The Morgan fingerprint density at radius 2 is 1.76 bits per heavy atom. The van der Waals surface area contributed by atoms with Gasteiger partial charge in [0.05, 0.1) is 23.8 Å². The van der Waals surface area contributed by atoms with Gasteiger partial charge in [0.25, 0.3) is 5.91 Å². The fourth-order valence-electron chi connectivity index (χ4n) is 4.56. The number of anilines is 3. The Morgan fingerprint density at radius 3 is 2.49 bits per heavy atom. The molecule has 2 fully saturated rings. The Hall–Kier alpha value is -3.80. The maximum absolute atomic E-state index is 14.0. The van der Waals surface area contributed by atoms with Crippen LogP contribution in [0.5, 0.6) is 0 Å². The maximum Gasteiger partial charge on any atom is 0.276 e. The molecule has 3 aromatic heterocycles. The molecule has 11 nitrogen and oxygen atoms in total. The van der Waals surface area contributed by atoms with E-state index in [4.69, 9.17) is 5.73 Å². The van der Waals surface area contributed by atoms with Crippen molar-refractivity contribution in [2.45, 2.75) is 69.5 Å². The molecule has 2 aliphatic carbocycles. The molecule has 12 heteroatoms. The highest BCUT2D eigenvalue weighted by atomic mass is 19.1. The number of carbonyl (C=O) groups is 2. The fraction of sp³-hybridized carbons (Fsp3) is 0.480. The molecule has 196 valence electrons. The normalized spacial score (nSPS) is 19.4. The Bertz CT molecular complexity index is 1270. The lowest BCUT2D eigenvalue weighted by atomic mass is 9.91. The van der Waals surface area contributed by atoms with Gasteiger partial charge in [-0.3, -0.25) is 14.6 Å². The van der Waals surface area contributed by atoms with Crippen molar-refractivity contribution in [2.75, 3.05) is 22.5 Å². The van der Waals surface area contributed by atoms with E-state index in [1.165, 1.54) is 23.0 Å². The average molecular weight is 510 g/mol. The van der Waals surface area contributed by atoms with Crippen LogP contribution in [0.2, 0.25) is 0 Å². The van der Waals surface area contributed by atoms with Crippen molar-refractivity contribution in [2.24, 2.45) is 5.73 Å². The molecule has 0 unspecified atom stereocenters. The summed E-state index contributed by atoms with van der Waals surface area (Å²) in [7, 11) is 0. The molecule has 0 aliphatic heterocycles. The van der Waals surface area contributed by atoms with E-state index in [0.29, 0.717) is 36.9 Å². The molecule has 0 bridgehead atoms. The molecule has 2 saturated carbocycles. The predicted octanol–water partition coefficient (Wildman–Crippen LogP) is 2.67. The molecular weight excluding hydrogens is 477 g/mol. The smallest absolute Gasteiger partial charge is 0.276 e. The average Bonchev–Trinajstić information content (AvgIpc) is 3.60. The van der Waals surface area contributed by atoms with E-state index in [1.54, 1.807) is 0 Å². The quantitative estimate of drug-likeness (QED) is 0.280. The number of nitrogens with one attached hydrogen (secondary N) is 4. The molecule has 6 N–H and O–H groups in total. The largest absolute Gasteiger partial charge is 0.379 e. The van der Waals surface area contributed by atoms with Gasteiger partial charge in [-0.05, 0) is 57.6 Å². The van der Waals surface area contributed by atoms with Gasteiger partial charge >= 0.3 is 0 Å². The number of carbonyl (C=O) groups excluding carboxylic acids is 2. The minimum absolute atomic E-state index is 0.0347. The number of amides is 2. The summed E-state index contributed by atoms with van der Waals surface area (Å²) in [6.45, 7) is 0.514. The number of aromatic nitrogens is 4. The van der Waals surface area contributed by atoms with E-state index < -0.39 is 11.7 Å². The first-order valence-electron chi connectivity index (χ1n) is 12.8. The Balaban J connectivity index is 1.30. The number of imidazole rings is 1. The maximum atomic E-state index is 14.0. The SMILES string of the molecule is NCCCC(=O)N[C@H]1CC[C@H](Nc2cc(NC3CC3)c3ncc(C(=O)Nc4ccncc4F)n3n2)CC1. The fourth-order valence-corrected chi connectivity index (χ4v) is 4.56. The zero-order valence-electron chi connectivity index (χ0n) is 20.5. The predicted molar refractivity (Wildman–Crippen MR) is 138 cm³/mol. The third-order valence-corrected chi connectivity index (χ3v) is 6.71. The lowest BCUT2D eigenvalue weighted by molar-refractivity contribution is -0.122. The topological polar surface area (TPSA) is 151 Å². The zero-order chi connectivity index (χ0) is 25.8. The van der Waals surface area contributed by atoms with Crippen LogP contribution in [0.25, 0.3) is 5.65 Å². The number of hydrogen-bond acceptors (Lipinski definition) is 8. The number of nitrogens with two attached hydrogens (primary N) is 1. The van der Waals surface area contributed by atoms with Crippen LogP contribution < -0.4 is 27.0 Å². The summed E-state index contributed by atoms with van der Waals surface area (Å²) in [5.74, 6) is -0.469. The van der Waals surface area contributed by atoms with Crippen LogP contribution in [-0.2, 0) is 4.79 Å². The molecule has 3 heterocycles. The van der Waals surface area contributed by atoms with Crippen molar-refractivity contribution in [1.29, 1.82) is 0 Å². The van der Waals surface area contributed by atoms with Gasteiger partial charge in [-0.15, -0.1) is 5.10 Å². The van der Waals surface area contributed by atoms with E-state index in [-0.39, 0.29) is 29.4 Å².